The quantitative estimate of drug-likeness (QED) is 0.809. The molecular weight excluding hydrogens is 360 g/mol. The first kappa shape index (κ1) is 15.8. The number of carbonyl (C=O) groups excluding carboxylic acids is 2. The van der Waals surface area contributed by atoms with Crippen LogP contribution < -0.4 is 0 Å². The molecule has 0 saturated carbocycles. The summed E-state index contributed by atoms with van der Waals surface area (Å²) in [6.45, 7) is 4.07. The van der Waals surface area contributed by atoms with Crippen molar-refractivity contribution in [3.63, 3.8) is 0 Å². The largest absolute Gasteiger partial charge is 0.444 e. The molecule has 0 aliphatic carbocycles. The van der Waals surface area contributed by atoms with Crippen molar-refractivity contribution in [2.75, 3.05) is 26.2 Å². The second-order valence-corrected chi connectivity index (χ2v) is 6.34. The average Bonchev–Trinajstić information content (AvgIpc) is 3.01. The number of amides is 2. The topological polar surface area (TPSA) is 53.8 Å². The zero-order valence-electron chi connectivity index (χ0n) is 12.8. The van der Waals surface area contributed by atoms with E-state index in [1.807, 2.05) is 31.2 Å². The van der Waals surface area contributed by atoms with Gasteiger partial charge in [0.25, 0.3) is 11.8 Å². The van der Waals surface area contributed by atoms with Crippen molar-refractivity contribution < 1.29 is 14.0 Å². The van der Waals surface area contributed by atoms with E-state index in [-0.39, 0.29) is 11.8 Å². The van der Waals surface area contributed by atoms with Gasteiger partial charge in [0.05, 0.1) is 0 Å². The summed E-state index contributed by atoms with van der Waals surface area (Å²) >= 11 is 3.19. The first-order valence-electron chi connectivity index (χ1n) is 7.45. The molecule has 2 heterocycles. The minimum Gasteiger partial charge on any atom is -0.444 e. The molecule has 1 aliphatic heterocycles. The van der Waals surface area contributed by atoms with Crippen molar-refractivity contribution in [2.45, 2.75) is 6.92 Å². The molecule has 3 rings (SSSR count). The van der Waals surface area contributed by atoms with Crippen molar-refractivity contribution >= 4 is 27.7 Å². The Bertz CT molecular complexity index is 716. The smallest absolute Gasteiger partial charge is 0.289 e. The summed E-state index contributed by atoms with van der Waals surface area (Å²) in [5, 5.41) is 0. The summed E-state index contributed by atoms with van der Waals surface area (Å²) in [7, 11) is 0. The lowest BCUT2D eigenvalue weighted by atomic mass is 10.1. The van der Waals surface area contributed by atoms with E-state index in [9.17, 15) is 9.59 Å². The van der Waals surface area contributed by atoms with Crippen LogP contribution in [-0.2, 0) is 0 Å². The third-order valence-electron chi connectivity index (χ3n) is 3.94. The molecule has 2 amide bonds. The Balaban J connectivity index is 1.61. The summed E-state index contributed by atoms with van der Waals surface area (Å²) in [6, 6.07) is 10.9. The molecule has 0 atom stereocenters. The summed E-state index contributed by atoms with van der Waals surface area (Å²) in [5.74, 6) is 0.186. The predicted octanol–water partition coefficient (Wildman–Crippen LogP) is 2.95. The van der Waals surface area contributed by atoms with E-state index in [2.05, 4.69) is 15.9 Å². The first-order chi connectivity index (χ1) is 11.0. The lowest BCUT2D eigenvalue weighted by Gasteiger charge is -2.34. The highest BCUT2D eigenvalue weighted by atomic mass is 79.9. The zero-order chi connectivity index (χ0) is 16.4. The Kier molecular flexibility index (Phi) is 4.52. The minimum atomic E-state index is -0.141. The monoisotopic (exact) mass is 376 g/mol. The number of hydrogen-bond donors (Lipinski definition) is 0. The second kappa shape index (κ2) is 6.58. The molecule has 0 radical (unpaired) electrons. The highest BCUT2D eigenvalue weighted by molar-refractivity contribution is 9.10. The summed E-state index contributed by atoms with van der Waals surface area (Å²) in [6.07, 6.45) is 0. The number of rotatable bonds is 2. The molecule has 0 unspecified atom stereocenters. The number of aryl methyl sites for hydroxylation is 1. The Hall–Kier alpha value is -2.08. The van der Waals surface area contributed by atoms with Gasteiger partial charge in [0.1, 0.15) is 0 Å². The molecule has 1 fully saturated rings. The van der Waals surface area contributed by atoms with Crippen LogP contribution in [0, 0.1) is 6.92 Å². The van der Waals surface area contributed by atoms with Crippen molar-refractivity contribution in [3.05, 3.63) is 58.0 Å². The second-order valence-electron chi connectivity index (χ2n) is 5.55. The van der Waals surface area contributed by atoms with Crippen LogP contribution in [0.5, 0.6) is 0 Å². The van der Waals surface area contributed by atoms with Gasteiger partial charge in [0.2, 0.25) is 0 Å². The van der Waals surface area contributed by atoms with Gasteiger partial charge < -0.3 is 14.2 Å². The van der Waals surface area contributed by atoms with Gasteiger partial charge >= 0.3 is 0 Å². The number of nitrogens with zero attached hydrogens (tertiary/aromatic N) is 2. The minimum absolute atomic E-state index is 0.0119. The average molecular weight is 377 g/mol. The van der Waals surface area contributed by atoms with E-state index in [4.69, 9.17) is 4.42 Å². The maximum absolute atomic E-state index is 12.5. The van der Waals surface area contributed by atoms with Gasteiger partial charge in [-0.3, -0.25) is 9.59 Å². The number of carbonyl (C=O) groups is 2. The van der Waals surface area contributed by atoms with Crippen LogP contribution in [0.25, 0.3) is 0 Å². The fraction of sp³-hybridized carbons (Fsp3) is 0.294. The highest BCUT2D eigenvalue weighted by Gasteiger charge is 2.26. The summed E-state index contributed by atoms with van der Waals surface area (Å²) < 4.78 is 5.83. The van der Waals surface area contributed by atoms with Crippen LogP contribution in [0.2, 0.25) is 0 Å². The van der Waals surface area contributed by atoms with E-state index in [1.165, 1.54) is 0 Å². The van der Waals surface area contributed by atoms with Gasteiger partial charge in [0, 0.05) is 31.7 Å². The summed E-state index contributed by atoms with van der Waals surface area (Å²) in [4.78, 5) is 28.3. The fourth-order valence-corrected chi connectivity index (χ4v) is 2.88. The van der Waals surface area contributed by atoms with Crippen molar-refractivity contribution in [2.24, 2.45) is 0 Å². The molecular formula is C17H17BrN2O3. The Labute approximate surface area is 143 Å². The molecule has 0 bridgehead atoms. The standard InChI is InChI=1S/C17H17BrN2O3/c1-12-2-4-13(5-3-12)16(21)19-8-10-20(11-9-19)17(22)14-6-7-15(18)23-14/h2-7H,8-11H2,1H3. The summed E-state index contributed by atoms with van der Waals surface area (Å²) in [5.41, 5.74) is 1.81. The number of furan rings is 1. The van der Waals surface area contributed by atoms with E-state index < -0.39 is 0 Å². The fourth-order valence-electron chi connectivity index (χ4n) is 2.58. The molecule has 1 aromatic heterocycles. The van der Waals surface area contributed by atoms with E-state index >= 15 is 0 Å². The third kappa shape index (κ3) is 3.47. The normalized spacial score (nSPS) is 14.9. The number of halogens is 1. The van der Waals surface area contributed by atoms with Crippen LogP contribution in [0.1, 0.15) is 26.5 Å². The Morgan fingerprint density at radius 2 is 1.48 bits per heavy atom. The van der Waals surface area contributed by atoms with E-state index in [0.717, 1.165) is 5.56 Å². The Morgan fingerprint density at radius 1 is 0.913 bits per heavy atom. The van der Waals surface area contributed by atoms with Gasteiger partial charge in [0.15, 0.2) is 10.4 Å². The van der Waals surface area contributed by atoms with Crippen molar-refractivity contribution in [1.82, 2.24) is 9.80 Å². The number of benzene rings is 1. The lowest BCUT2D eigenvalue weighted by molar-refractivity contribution is 0.0517. The maximum atomic E-state index is 12.5. The van der Waals surface area contributed by atoms with Crippen LogP contribution in [0.3, 0.4) is 0 Å². The first-order valence-corrected chi connectivity index (χ1v) is 8.24. The van der Waals surface area contributed by atoms with Crippen molar-refractivity contribution in [3.8, 4) is 0 Å². The van der Waals surface area contributed by atoms with Crippen molar-refractivity contribution in [1.29, 1.82) is 0 Å². The predicted molar refractivity (Wildman–Crippen MR) is 89.4 cm³/mol. The van der Waals surface area contributed by atoms with Gasteiger partial charge in [-0.1, -0.05) is 17.7 Å². The molecule has 2 aromatic rings. The SMILES string of the molecule is Cc1ccc(C(=O)N2CCN(C(=O)c3ccc(Br)o3)CC2)cc1. The molecule has 1 aromatic carbocycles. The molecule has 6 heteroatoms. The molecule has 1 saturated heterocycles. The molecule has 23 heavy (non-hydrogen) atoms. The van der Waals surface area contributed by atoms with Crippen LogP contribution >= 0.6 is 15.9 Å². The highest BCUT2D eigenvalue weighted by Crippen LogP contribution is 2.17. The zero-order valence-corrected chi connectivity index (χ0v) is 14.4. The number of hydrogen-bond acceptors (Lipinski definition) is 3. The van der Waals surface area contributed by atoms with Crippen LogP contribution in [0.15, 0.2) is 45.5 Å². The lowest BCUT2D eigenvalue weighted by Crippen LogP contribution is -2.50. The molecule has 1 aliphatic rings. The van der Waals surface area contributed by atoms with Gasteiger partial charge in [-0.05, 0) is 47.1 Å². The van der Waals surface area contributed by atoms with Gasteiger partial charge in [-0.15, -0.1) is 0 Å². The molecule has 0 N–H and O–H groups in total. The maximum Gasteiger partial charge on any atom is 0.289 e. The van der Waals surface area contributed by atoms with E-state index in [0.29, 0.717) is 42.2 Å². The van der Waals surface area contributed by atoms with E-state index in [1.54, 1.807) is 21.9 Å². The molecule has 120 valence electrons. The molecule has 0 spiro atoms. The van der Waals surface area contributed by atoms with Gasteiger partial charge in [-0.2, -0.15) is 0 Å². The third-order valence-corrected chi connectivity index (χ3v) is 4.36. The van der Waals surface area contributed by atoms with Gasteiger partial charge in [-0.25, -0.2) is 0 Å². The Morgan fingerprint density at radius 3 is 2.00 bits per heavy atom. The number of piperazine rings is 1. The molecule has 5 nitrogen and oxygen atoms in total. The van der Waals surface area contributed by atoms with Crippen LogP contribution in [-0.4, -0.2) is 47.8 Å². The van der Waals surface area contributed by atoms with Crippen LogP contribution in [0.4, 0.5) is 0 Å².